The normalized spacial score (nSPS) is 24.7. The third-order valence-corrected chi connectivity index (χ3v) is 14.2. The van der Waals surface area contributed by atoms with E-state index in [4.69, 9.17) is 4.74 Å². The average molecular weight is 1130 g/mol. The van der Waals surface area contributed by atoms with Gasteiger partial charge >= 0.3 is 6.03 Å². The predicted molar refractivity (Wildman–Crippen MR) is 306 cm³/mol. The number of ether oxygens (including phenoxy) is 1. The van der Waals surface area contributed by atoms with E-state index < -0.39 is 125 Å². The number of nitrogens with zero attached hydrogens (tertiary/aromatic N) is 5. The Morgan fingerprint density at radius 1 is 0.593 bits per heavy atom. The Labute approximate surface area is 479 Å². The number of imide groups is 1. The number of hydrogen-bond acceptors (Lipinski definition) is 12. The van der Waals surface area contributed by atoms with E-state index in [1.807, 2.05) is 27.7 Å². The molecule has 6 N–H and O–H groups in total. The highest BCUT2D eigenvalue weighted by atomic mass is 16.5. The number of carbonyl (C=O) groups is 10. The molecular formula is C59H92N10O12. The maximum Gasteiger partial charge on any atom is 0.324 e. The molecule has 450 valence electrons. The lowest BCUT2D eigenvalue weighted by Crippen LogP contribution is -2.62. The fourth-order valence-electron chi connectivity index (χ4n) is 9.51. The first kappa shape index (κ1) is 68.3. The molecule has 9 atom stereocenters. The zero-order valence-electron chi connectivity index (χ0n) is 50.5. The second kappa shape index (κ2) is 31.3. The van der Waals surface area contributed by atoms with E-state index in [2.05, 4.69) is 26.6 Å². The van der Waals surface area contributed by atoms with E-state index in [1.54, 1.807) is 95.3 Å². The first-order valence-corrected chi connectivity index (χ1v) is 28.0. The summed E-state index contributed by atoms with van der Waals surface area (Å²) in [6.45, 7) is 18.6. The molecule has 2 aromatic carbocycles. The first-order chi connectivity index (χ1) is 37.7. The molecule has 1 saturated heterocycles. The third kappa shape index (κ3) is 21.2. The topological polar surface area (TPSA) is 277 Å². The highest BCUT2D eigenvalue weighted by Gasteiger charge is 2.41. The third-order valence-electron chi connectivity index (χ3n) is 14.2. The molecule has 1 aliphatic heterocycles. The maximum absolute atomic E-state index is 14.7. The smallest absolute Gasteiger partial charge is 0.324 e. The number of benzene rings is 2. The van der Waals surface area contributed by atoms with E-state index in [0.717, 1.165) is 9.80 Å². The SMILES string of the molecule is CC(C)C[C@H]1CC(=O)N(C)[C@@H](CC(C)C)C(=O)NC([C@@H](C)O)C(=O)N(C)[C@H](Cc2ccccc2)C(=O)NC(=O)N(C)[C@@H](C(C)C)C(=O)N[C@@H](Cc2ccccc2)C(=O)N[C@H](C)C(=O)N(C)CCC(=O)N[C@@H](COC(C)(C)C)C(=O)N1C. The molecule has 81 heavy (non-hydrogen) atoms. The van der Waals surface area contributed by atoms with Crippen LogP contribution in [-0.2, 0) is 60.7 Å². The summed E-state index contributed by atoms with van der Waals surface area (Å²) in [5.41, 5.74) is 0.520. The second-order valence-corrected chi connectivity index (χ2v) is 23.6. The molecule has 1 fully saturated rings. The number of nitrogens with one attached hydrogen (secondary N) is 5. The molecule has 0 bridgehead atoms. The van der Waals surface area contributed by atoms with Crippen LogP contribution in [0.5, 0.6) is 0 Å². The van der Waals surface area contributed by atoms with Gasteiger partial charge in [0.1, 0.15) is 42.3 Å². The molecule has 0 aromatic heterocycles. The molecule has 22 nitrogen and oxygen atoms in total. The summed E-state index contributed by atoms with van der Waals surface area (Å²) in [6.07, 6.45) is -1.74. The van der Waals surface area contributed by atoms with Crippen LogP contribution in [0.2, 0.25) is 0 Å². The summed E-state index contributed by atoms with van der Waals surface area (Å²) in [7, 11) is 7.02. The van der Waals surface area contributed by atoms with Gasteiger partial charge < -0.3 is 55.6 Å². The highest BCUT2D eigenvalue weighted by molar-refractivity contribution is 6.01. The molecule has 1 aliphatic rings. The van der Waals surface area contributed by atoms with Gasteiger partial charge in [-0.1, -0.05) is 102 Å². The Hall–Kier alpha value is -6.94. The molecule has 2 aromatic rings. The van der Waals surface area contributed by atoms with Gasteiger partial charge in [-0.3, -0.25) is 48.5 Å². The van der Waals surface area contributed by atoms with Crippen molar-refractivity contribution < 1.29 is 57.8 Å². The minimum Gasteiger partial charge on any atom is -0.391 e. The van der Waals surface area contributed by atoms with Crippen molar-refractivity contribution in [3.05, 3.63) is 71.8 Å². The van der Waals surface area contributed by atoms with E-state index >= 15 is 0 Å². The Kier molecular flexibility index (Phi) is 26.4. The lowest BCUT2D eigenvalue weighted by atomic mass is 9.97. The van der Waals surface area contributed by atoms with Gasteiger partial charge in [0.25, 0.3) is 5.91 Å². The zero-order chi connectivity index (χ0) is 61.2. The Morgan fingerprint density at radius 2 is 1.15 bits per heavy atom. The van der Waals surface area contributed by atoms with Crippen molar-refractivity contribution in [3.63, 3.8) is 0 Å². The number of likely N-dealkylation sites (N-methyl/N-ethyl adjacent to an activating group) is 5. The van der Waals surface area contributed by atoms with E-state index in [1.165, 1.54) is 63.8 Å². The molecule has 0 radical (unpaired) electrons. The largest absolute Gasteiger partial charge is 0.391 e. The van der Waals surface area contributed by atoms with Crippen molar-refractivity contribution >= 4 is 59.2 Å². The van der Waals surface area contributed by atoms with Crippen molar-refractivity contribution in [1.29, 1.82) is 0 Å². The summed E-state index contributed by atoms with van der Waals surface area (Å²) in [6, 6.07) is 6.44. The Balaban J connectivity index is 2.21. The minimum absolute atomic E-state index is 0.0262. The quantitative estimate of drug-likeness (QED) is 0.179. The van der Waals surface area contributed by atoms with E-state index in [0.29, 0.717) is 17.5 Å². The molecule has 1 heterocycles. The molecule has 22 heteroatoms. The van der Waals surface area contributed by atoms with Crippen LogP contribution >= 0.6 is 0 Å². The molecular weight excluding hydrogens is 1040 g/mol. The lowest BCUT2D eigenvalue weighted by molar-refractivity contribution is -0.147. The van der Waals surface area contributed by atoms with Crippen molar-refractivity contribution in [1.82, 2.24) is 51.1 Å². The second-order valence-electron chi connectivity index (χ2n) is 23.6. The molecule has 0 aliphatic carbocycles. The van der Waals surface area contributed by atoms with Crippen LogP contribution in [0.15, 0.2) is 60.7 Å². The Morgan fingerprint density at radius 3 is 1.67 bits per heavy atom. The number of rotatable bonds is 12. The van der Waals surface area contributed by atoms with Gasteiger partial charge in [-0.2, -0.15) is 0 Å². The summed E-state index contributed by atoms with van der Waals surface area (Å²) < 4.78 is 6.03. The summed E-state index contributed by atoms with van der Waals surface area (Å²) >= 11 is 0. The van der Waals surface area contributed by atoms with Gasteiger partial charge in [0.2, 0.25) is 47.3 Å². The van der Waals surface area contributed by atoms with Crippen LogP contribution in [-0.4, -0.2) is 197 Å². The summed E-state index contributed by atoms with van der Waals surface area (Å²) in [5.74, 6) is -7.17. The van der Waals surface area contributed by atoms with Gasteiger partial charge in [0.05, 0.1) is 18.3 Å². The van der Waals surface area contributed by atoms with Gasteiger partial charge in [0.15, 0.2) is 0 Å². The molecule has 3 rings (SSSR count). The van der Waals surface area contributed by atoms with Crippen LogP contribution in [0.1, 0.15) is 113 Å². The number of urea groups is 1. The fourth-order valence-corrected chi connectivity index (χ4v) is 9.51. The Bertz CT molecular complexity index is 2470. The molecule has 0 saturated carbocycles. The predicted octanol–water partition coefficient (Wildman–Crippen LogP) is 2.64. The minimum atomic E-state index is -1.66. The van der Waals surface area contributed by atoms with Crippen molar-refractivity contribution in [2.45, 2.75) is 175 Å². The average Bonchev–Trinajstić information content (AvgIpc) is 3.39. The van der Waals surface area contributed by atoms with Crippen LogP contribution in [0.4, 0.5) is 4.79 Å². The van der Waals surface area contributed by atoms with Crippen LogP contribution < -0.4 is 26.6 Å². The number of aliphatic hydroxyl groups excluding tert-OH is 1. The number of amides is 11. The number of carbonyl (C=O) groups excluding carboxylic acids is 10. The van der Waals surface area contributed by atoms with Crippen molar-refractivity contribution in [2.24, 2.45) is 17.8 Å². The van der Waals surface area contributed by atoms with E-state index in [-0.39, 0.29) is 57.1 Å². The van der Waals surface area contributed by atoms with Gasteiger partial charge in [0, 0.05) is 73.5 Å². The number of hydrogen-bond donors (Lipinski definition) is 6. The standard InChI is InChI=1S/C59H92N10O12/c1-35(2)29-42-33-48(72)67(14)45(30-36(3)4)52(74)63-49(39(8)70)57(79)68(15)46(32-41-25-21-18-22-26-41)53(75)64-58(80)69(16)50(37(5)6)54(76)62-43(31-40-23-19-17-20-24-40)51(73)60-38(7)55(77)65(12)28-27-47(71)61-44(56(78)66(42)13)34-81-59(9,10)11/h17-26,35-39,42-46,49-50,70H,27-34H2,1-16H3,(H,60,73)(H,61,71)(H,62,76)(H,63,74)(H,64,75,80)/t38-,39-,42+,43+,44+,45+,46-,49?,50+/m1/s1. The van der Waals surface area contributed by atoms with Crippen molar-refractivity contribution in [2.75, 3.05) is 48.4 Å². The molecule has 11 amide bonds. The fraction of sp³-hybridized carbons (Fsp3) is 0.627. The van der Waals surface area contributed by atoms with Gasteiger partial charge in [-0.15, -0.1) is 0 Å². The maximum atomic E-state index is 14.7. The number of aliphatic hydroxyl groups is 1. The van der Waals surface area contributed by atoms with Crippen LogP contribution in [0.25, 0.3) is 0 Å². The molecule has 0 spiro atoms. The lowest BCUT2D eigenvalue weighted by Gasteiger charge is -2.36. The van der Waals surface area contributed by atoms with E-state index in [9.17, 15) is 53.1 Å². The van der Waals surface area contributed by atoms with Gasteiger partial charge in [-0.05, 0) is 76.3 Å². The first-order valence-electron chi connectivity index (χ1n) is 28.0. The highest BCUT2D eigenvalue weighted by Crippen LogP contribution is 2.21. The van der Waals surface area contributed by atoms with Crippen LogP contribution in [0, 0.1) is 17.8 Å². The summed E-state index contributed by atoms with van der Waals surface area (Å²) in [5, 5.41) is 24.4. The van der Waals surface area contributed by atoms with Crippen molar-refractivity contribution in [3.8, 4) is 0 Å². The van der Waals surface area contributed by atoms with Gasteiger partial charge in [-0.25, -0.2) is 4.79 Å². The summed E-state index contributed by atoms with van der Waals surface area (Å²) in [4.78, 5) is 149. The van der Waals surface area contributed by atoms with Crippen LogP contribution in [0.3, 0.4) is 0 Å². The monoisotopic (exact) mass is 1130 g/mol. The zero-order valence-corrected chi connectivity index (χ0v) is 50.5. The molecule has 1 unspecified atom stereocenters.